The van der Waals surface area contributed by atoms with Gasteiger partial charge in [0.15, 0.2) is 0 Å². The fraction of sp³-hybridized carbons (Fsp3) is 1.00. The van der Waals surface area contributed by atoms with E-state index in [-0.39, 0.29) is 0 Å². The maximum absolute atomic E-state index is 5.75. The second-order valence-corrected chi connectivity index (χ2v) is 6.18. The van der Waals surface area contributed by atoms with E-state index < -0.39 is 0 Å². The average Bonchev–Trinajstić information content (AvgIpc) is 2.84. The van der Waals surface area contributed by atoms with Crippen LogP contribution in [0, 0.1) is 5.92 Å². The molecule has 106 valence electrons. The Kier molecular flexibility index (Phi) is 5.46. The van der Waals surface area contributed by atoms with Crippen molar-refractivity contribution in [2.45, 2.75) is 64.6 Å². The Labute approximate surface area is 112 Å². The Morgan fingerprint density at radius 3 is 2.56 bits per heavy atom. The second kappa shape index (κ2) is 6.88. The molecule has 2 heterocycles. The van der Waals surface area contributed by atoms with Crippen molar-refractivity contribution in [3.63, 3.8) is 0 Å². The van der Waals surface area contributed by atoms with Crippen LogP contribution in [-0.2, 0) is 4.74 Å². The summed E-state index contributed by atoms with van der Waals surface area (Å²) in [5.41, 5.74) is 0. The molecule has 2 rings (SSSR count). The fourth-order valence-electron chi connectivity index (χ4n) is 3.32. The van der Waals surface area contributed by atoms with Crippen LogP contribution in [0.15, 0.2) is 0 Å². The number of hydrogen-bond acceptors (Lipinski definition) is 3. The van der Waals surface area contributed by atoms with Gasteiger partial charge in [-0.25, -0.2) is 0 Å². The van der Waals surface area contributed by atoms with Crippen molar-refractivity contribution in [3.05, 3.63) is 0 Å². The molecular weight excluding hydrogens is 224 g/mol. The van der Waals surface area contributed by atoms with E-state index in [1.165, 1.54) is 32.4 Å². The van der Waals surface area contributed by atoms with Gasteiger partial charge in [0.25, 0.3) is 0 Å². The minimum Gasteiger partial charge on any atom is -0.378 e. The lowest BCUT2D eigenvalue weighted by molar-refractivity contribution is 0.0850. The van der Waals surface area contributed by atoms with Crippen LogP contribution in [-0.4, -0.2) is 49.3 Å². The molecule has 2 saturated heterocycles. The second-order valence-electron chi connectivity index (χ2n) is 6.18. The monoisotopic (exact) mass is 254 g/mol. The van der Waals surface area contributed by atoms with Crippen LogP contribution in [0.1, 0.15) is 46.5 Å². The summed E-state index contributed by atoms with van der Waals surface area (Å²) in [4.78, 5) is 2.59. The Bertz CT molecular complexity index is 237. The normalized spacial score (nSPS) is 31.3. The van der Waals surface area contributed by atoms with Crippen molar-refractivity contribution in [3.8, 4) is 0 Å². The van der Waals surface area contributed by atoms with Crippen LogP contribution < -0.4 is 5.32 Å². The molecule has 2 aliphatic rings. The van der Waals surface area contributed by atoms with Gasteiger partial charge in [-0.05, 0) is 58.5 Å². The maximum atomic E-state index is 5.75. The van der Waals surface area contributed by atoms with E-state index in [9.17, 15) is 0 Å². The minimum absolute atomic E-state index is 0.508. The topological polar surface area (TPSA) is 24.5 Å². The number of ether oxygens (including phenoxy) is 1. The highest BCUT2D eigenvalue weighted by Gasteiger charge is 2.28. The molecule has 0 bridgehead atoms. The van der Waals surface area contributed by atoms with Crippen LogP contribution in [0.25, 0.3) is 0 Å². The summed E-state index contributed by atoms with van der Waals surface area (Å²) in [5, 5.41) is 3.78. The molecular formula is C15H30N2O. The van der Waals surface area contributed by atoms with Crippen molar-refractivity contribution < 1.29 is 4.74 Å². The first-order valence-electron chi connectivity index (χ1n) is 7.79. The Morgan fingerprint density at radius 2 is 1.94 bits per heavy atom. The quantitative estimate of drug-likeness (QED) is 0.814. The third-order valence-electron chi connectivity index (χ3n) is 4.68. The molecule has 0 saturated carbocycles. The lowest BCUT2D eigenvalue weighted by Gasteiger charge is -2.35. The van der Waals surface area contributed by atoms with Crippen molar-refractivity contribution in [2.75, 3.05) is 26.2 Å². The van der Waals surface area contributed by atoms with E-state index in [1.807, 2.05) is 0 Å². The first-order valence-corrected chi connectivity index (χ1v) is 7.79. The van der Waals surface area contributed by atoms with Crippen LogP contribution in [0.2, 0.25) is 0 Å². The van der Waals surface area contributed by atoms with E-state index in [2.05, 4.69) is 31.0 Å². The number of likely N-dealkylation sites (tertiary alicyclic amines) is 1. The van der Waals surface area contributed by atoms with E-state index in [0.717, 1.165) is 31.5 Å². The Hall–Kier alpha value is -0.120. The van der Waals surface area contributed by atoms with Crippen molar-refractivity contribution in [1.82, 2.24) is 10.2 Å². The van der Waals surface area contributed by atoms with Gasteiger partial charge in [-0.3, -0.25) is 0 Å². The smallest absolute Gasteiger partial charge is 0.0613 e. The predicted molar refractivity (Wildman–Crippen MR) is 75.9 cm³/mol. The highest BCUT2D eigenvalue weighted by molar-refractivity contribution is 4.82. The third-order valence-corrected chi connectivity index (χ3v) is 4.68. The lowest BCUT2D eigenvalue weighted by Crippen LogP contribution is -2.46. The van der Waals surface area contributed by atoms with Gasteiger partial charge < -0.3 is 15.0 Å². The van der Waals surface area contributed by atoms with Crippen molar-refractivity contribution in [2.24, 2.45) is 5.92 Å². The van der Waals surface area contributed by atoms with Gasteiger partial charge in [-0.15, -0.1) is 0 Å². The van der Waals surface area contributed by atoms with Gasteiger partial charge in [0.05, 0.1) is 6.10 Å². The minimum atomic E-state index is 0.508. The van der Waals surface area contributed by atoms with Gasteiger partial charge in [-0.1, -0.05) is 6.92 Å². The zero-order valence-electron chi connectivity index (χ0n) is 12.3. The van der Waals surface area contributed by atoms with Crippen LogP contribution >= 0.6 is 0 Å². The fourth-order valence-corrected chi connectivity index (χ4v) is 3.32. The molecule has 0 spiro atoms. The van der Waals surface area contributed by atoms with Gasteiger partial charge in [0, 0.05) is 25.2 Å². The molecule has 2 fully saturated rings. The van der Waals surface area contributed by atoms with Gasteiger partial charge in [0.1, 0.15) is 0 Å². The molecule has 2 aliphatic heterocycles. The molecule has 0 radical (unpaired) electrons. The molecule has 2 unspecified atom stereocenters. The SMILES string of the molecule is CCC1OCCC1CNC1CCN(C(C)C)CC1. The van der Waals surface area contributed by atoms with Crippen molar-refractivity contribution >= 4 is 0 Å². The van der Waals surface area contributed by atoms with Crippen LogP contribution in [0.5, 0.6) is 0 Å². The van der Waals surface area contributed by atoms with E-state index in [4.69, 9.17) is 4.74 Å². The molecule has 18 heavy (non-hydrogen) atoms. The number of hydrogen-bond donors (Lipinski definition) is 1. The Morgan fingerprint density at radius 1 is 1.22 bits per heavy atom. The molecule has 0 aromatic rings. The van der Waals surface area contributed by atoms with Gasteiger partial charge >= 0.3 is 0 Å². The standard InChI is InChI=1S/C15H30N2O/c1-4-15-13(7-10-18-15)11-16-14-5-8-17(9-6-14)12(2)3/h12-16H,4-11H2,1-3H3. The average molecular weight is 254 g/mol. The number of nitrogens with zero attached hydrogens (tertiary/aromatic N) is 1. The first kappa shape index (κ1) is 14.3. The Balaban J connectivity index is 1.66. The predicted octanol–water partition coefficient (Wildman–Crippen LogP) is 2.26. The summed E-state index contributed by atoms with van der Waals surface area (Å²) < 4.78 is 5.75. The van der Waals surface area contributed by atoms with E-state index >= 15 is 0 Å². The summed E-state index contributed by atoms with van der Waals surface area (Å²) in [7, 11) is 0. The molecule has 3 heteroatoms. The number of nitrogens with one attached hydrogen (secondary N) is 1. The number of piperidine rings is 1. The summed E-state index contributed by atoms with van der Waals surface area (Å²) in [6.07, 6.45) is 5.54. The summed E-state index contributed by atoms with van der Waals surface area (Å²) in [6, 6.07) is 1.44. The summed E-state index contributed by atoms with van der Waals surface area (Å²) >= 11 is 0. The highest BCUT2D eigenvalue weighted by atomic mass is 16.5. The molecule has 1 N–H and O–H groups in total. The highest BCUT2D eigenvalue weighted by Crippen LogP contribution is 2.23. The van der Waals surface area contributed by atoms with E-state index in [0.29, 0.717) is 12.1 Å². The van der Waals surface area contributed by atoms with Gasteiger partial charge in [0.2, 0.25) is 0 Å². The zero-order chi connectivity index (χ0) is 13.0. The van der Waals surface area contributed by atoms with Crippen molar-refractivity contribution in [1.29, 1.82) is 0 Å². The third kappa shape index (κ3) is 3.69. The molecule has 0 amide bonds. The summed E-state index contributed by atoms with van der Waals surface area (Å²) in [6.45, 7) is 11.5. The molecule has 0 aliphatic carbocycles. The van der Waals surface area contributed by atoms with Gasteiger partial charge in [-0.2, -0.15) is 0 Å². The largest absolute Gasteiger partial charge is 0.378 e. The molecule has 0 aromatic heterocycles. The molecule has 0 aromatic carbocycles. The van der Waals surface area contributed by atoms with E-state index in [1.54, 1.807) is 0 Å². The van der Waals surface area contributed by atoms with Crippen LogP contribution in [0.3, 0.4) is 0 Å². The maximum Gasteiger partial charge on any atom is 0.0613 e. The van der Waals surface area contributed by atoms with Crippen LogP contribution in [0.4, 0.5) is 0 Å². The lowest BCUT2D eigenvalue weighted by atomic mass is 9.97. The molecule has 2 atom stereocenters. The molecule has 3 nitrogen and oxygen atoms in total. The summed E-state index contributed by atoms with van der Waals surface area (Å²) in [5.74, 6) is 0.748. The first-order chi connectivity index (χ1) is 8.70. The number of rotatable bonds is 5. The zero-order valence-corrected chi connectivity index (χ0v) is 12.3.